The van der Waals surface area contributed by atoms with Gasteiger partial charge in [-0.2, -0.15) is 0 Å². The Bertz CT molecular complexity index is 1170. The molecule has 1 saturated heterocycles. The Balaban J connectivity index is 1.38. The van der Waals surface area contributed by atoms with Gasteiger partial charge in [0.15, 0.2) is 0 Å². The molecule has 0 bridgehead atoms. The highest BCUT2D eigenvalue weighted by molar-refractivity contribution is 8.00. The average molecular weight is 480 g/mol. The highest BCUT2D eigenvalue weighted by atomic mass is 32.2. The predicted octanol–water partition coefficient (Wildman–Crippen LogP) is 4.56. The van der Waals surface area contributed by atoms with Gasteiger partial charge >= 0.3 is 5.97 Å². The minimum atomic E-state index is -0.383. The topological polar surface area (TPSA) is 80.6 Å². The van der Waals surface area contributed by atoms with Gasteiger partial charge in [0, 0.05) is 40.8 Å². The predicted molar refractivity (Wildman–Crippen MR) is 134 cm³/mol. The van der Waals surface area contributed by atoms with Crippen molar-refractivity contribution in [3.05, 3.63) is 60.3 Å². The van der Waals surface area contributed by atoms with Gasteiger partial charge in [0.05, 0.1) is 17.9 Å². The van der Waals surface area contributed by atoms with Crippen LogP contribution in [0.4, 0.5) is 5.69 Å². The Hall–Kier alpha value is -3.26. The number of carbonyl (C=O) groups excluding carboxylic acids is 3. The lowest BCUT2D eigenvalue weighted by atomic mass is 10.1. The summed E-state index contributed by atoms with van der Waals surface area (Å²) in [6.07, 6.45) is 5.30. The van der Waals surface area contributed by atoms with Gasteiger partial charge in [0.1, 0.15) is 6.54 Å². The number of hydrogen-bond acceptors (Lipinski definition) is 5. The molecule has 0 unspecified atom stereocenters. The highest BCUT2D eigenvalue weighted by Gasteiger charge is 2.19. The molecule has 1 aliphatic heterocycles. The van der Waals surface area contributed by atoms with Crippen molar-refractivity contribution in [2.24, 2.45) is 0 Å². The third-order valence-electron chi connectivity index (χ3n) is 5.80. The number of carbonyl (C=O) groups is 3. The van der Waals surface area contributed by atoms with Gasteiger partial charge in [0.2, 0.25) is 11.8 Å². The number of ether oxygens (including phenoxy) is 1. The molecule has 1 aliphatic rings. The van der Waals surface area contributed by atoms with E-state index in [9.17, 15) is 14.4 Å². The van der Waals surface area contributed by atoms with Crippen LogP contribution in [0.2, 0.25) is 0 Å². The van der Waals surface area contributed by atoms with Crippen LogP contribution in [0.5, 0.6) is 0 Å². The van der Waals surface area contributed by atoms with Crippen molar-refractivity contribution >= 4 is 46.1 Å². The number of likely N-dealkylation sites (tertiary alicyclic amines) is 1. The molecule has 1 N–H and O–H groups in total. The highest BCUT2D eigenvalue weighted by Crippen LogP contribution is 2.30. The number of esters is 1. The van der Waals surface area contributed by atoms with Gasteiger partial charge in [-0.15, -0.1) is 11.8 Å². The standard InChI is InChI=1S/C26H29N3O4S/c1-2-33-26(32)19-10-12-20(13-11-19)27-24(30)18-34-23-16-29(22-9-5-4-8-21(22)23)17-25(31)28-14-6-3-7-15-28/h4-5,8-13,16H,2-3,6-7,14-15,17-18H2,1H3,(H,27,30). The first-order valence-electron chi connectivity index (χ1n) is 11.6. The number of thioether (sulfide) groups is 1. The van der Waals surface area contributed by atoms with E-state index in [0.717, 1.165) is 41.7 Å². The van der Waals surface area contributed by atoms with E-state index in [1.54, 1.807) is 31.2 Å². The maximum absolute atomic E-state index is 12.8. The number of para-hydroxylation sites is 1. The minimum absolute atomic E-state index is 0.140. The maximum Gasteiger partial charge on any atom is 0.338 e. The van der Waals surface area contributed by atoms with Gasteiger partial charge in [-0.1, -0.05) is 18.2 Å². The number of aromatic nitrogens is 1. The number of anilines is 1. The first-order valence-corrected chi connectivity index (χ1v) is 12.6. The van der Waals surface area contributed by atoms with Crippen LogP contribution >= 0.6 is 11.8 Å². The van der Waals surface area contributed by atoms with Crippen LogP contribution < -0.4 is 5.32 Å². The van der Waals surface area contributed by atoms with Crippen LogP contribution in [0.3, 0.4) is 0 Å². The smallest absolute Gasteiger partial charge is 0.338 e. The number of benzene rings is 2. The number of piperidine rings is 1. The van der Waals surface area contributed by atoms with Gasteiger partial charge in [0.25, 0.3) is 0 Å². The van der Waals surface area contributed by atoms with Crippen LogP contribution in [0.15, 0.2) is 59.6 Å². The van der Waals surface area contributed by atoms with Crippen LogP contribution in [0, 0.1) is 0 Å². The van der Waals surface area contributed by atoms with Crippen molar-refractivity contribution in [2.45, 2.75) is 37.6 Å². The third kappa shape index (κ3) is 5.80. The fraction of sp³-hybridized carbons (Fsp3) is 0.346. The van der Waals surface area contributed by atoms with Crippen molar-refractivity contribution in [2.75, 3.05) is 30.8 Å². The number of hydrogen-bond donors (Lipinski definition) is 1. The van der Waals surface area contributed by atoms with Crippen LogP contribution in [-0.2, 0) is 20.9 Å². The zero-order chi connectivity index (χ0) is 23.9. The van der Waals surface area contributed by atoms with Crippen molar-refractivity contribution in [3.63, 3.8) is 0 Å². The summed E-state index contributed by atoms with van der Waals surface area (Å²) in [5.74, 6) is -0.157. The second-order valence-corrected chi connectivity index (χ2v) is 9.23. The molecule has 0 aliphatic carbocycles. The van der Waals surface area contributed by atoms with Crippen molar-refractivity contribution in [3.8, 4) is 0 Å². The van der Waals surface area contributed by atoms with Crippen LogP contribution in [0.25, 0.3) is 10.9 Å². The van der Waals surface area contributed by atoms with Crippen LogP contribution in [-0.4, -0.2) is 52.7 Å². The minimum Gasteiger partial charge on any atom is -0.462 e. The summed E-state index contributed by atoms with van der Waals surface area (Å²) in [6.45, 7) is 4.05. The molecule has 3 aromatic rings. The van der Waals surface area contributed by atoms with E-state index in [1.807, 2.05) is 39.9 Å². The molecule has 0 radical (unpaired) electrons. The summed E-state index contributed by atoms with van der Waals surface area (Å²) in [6, 6.07) is 14.6. The summed E-state index contributed by atoms with van der Waals surface area (Å²) in [5.41, 5.74) is 2.06. The summed E-state index contributed by atoms with van der Waals surface area (Å²) in [5, 5.41) is 3.89. The molecule has 1 aromatic heterocycles. The lowest BCUT2D eigenvalue weighted by Gasteiger charge is -2.27. The number of amides is 2. The summed E-state index contributed by atoms with van der Waals surface area (Å²) >= 11 is 1.44. The van der Waals surface area contributed by atoms with Crippen molar-refractivity contribution in [1.29, 1.82) is 0 Å². The molecule has 2 aromatic carbocycles. The molecule has 34 heavy (non-hydrogen) atoms. The van der Waals surface area contributed by atoms with E-state index in [0.29, 0.717) is 24.4 Å². The molecular weight excluding hydrogens is 450 g/mol. The molecule has 0 saturated carbocycles. The fourth-order valence-electron chi connectivity index (χ4n) is 4.09. The Morgan fingerprint density at radius 2 is 1.74 bits per heavy atom. The summed E-state index contributed by atoms with van der Waals surface area (Å²) in [7, 11) is 0. The van der Waals surface area contributed by atoms with E-state index >= 15 is 0 Å². The Morgan fingerprint density at radius 1 is 1.00 bits per heavy atom. The molecule has 178 valence electrons. The molecule has 2 heterocycles. The second-order valence-electron chi connectivity index (χ2n) is 8.21. The Morgan fingerprint density at radius 3 is 2.47 bits per heavy atom. The molecule has 2 amide bonds. The monoisotopic (exact) mass is 479 g/mol. The molecule has 0 atom stereocenters. The molecule has 1 fully saturated rings. The normalized spacial score (nSPS) is 13.6. The summed E-state index contributed by atoms with van der Waals surface area (Å²) in [4.78, 5) is 40.0. The van der Waals surface area contributed by atoms with Gasteiger partial charge < -0.3 is 19.5 Å². The van der Waals surface area contributed by atoms with Gasteiger partial charge in [-0.3, -0.25) is 9.59 Å². The first-order chi connectivity index (χ1) is 16.5. The van der Waals surface area contributed by atoms with Gasteiger partial charge in [-0.25, -0.2) is 4.79 Å². The zero-order valence-corrected chi connectivity index (χ0v) is 20.1. The average Bonchev–Trinajstić information content (AvgIpc) is 3.21. The van der Waals surface area contributed by atoms with E-state index in [-0.39, 0.29) is 23.5 Å². The van der Waals surface area contributed by atoms with E-state index in [2.05, 4.69) is 5.32 Å². The fourth-order valence-corrected chi connectivity index (χ4v) is 4.98. The largest absolute Gasteiger partial charge is 0.462 e. The molecular formula is C26H29N3O4S. The lowest BCUT2D eigenvalue weighted by molar-refractivity contribution is -0.132. The summed E-state index contributed by atoms with van der Waals surface area (Å²) < 4.78 is 6.96. The third-order valence-corrected chi connectivity index (χ3v) is 6.85. The number of nitrogens with zero attached hydrogens (tertiary/aromatic N) is 2. The van der Waals surface area contributed by atoms with E-state index in [1.165, 1.54) is 18.2 Å². The number of nitrogens with one attached hydrogen (secondary N) is 1. The maximum atomic E-state index is 12.8. The van der Waals surface area contributed by atoms with E-state index in [4.69, 9.17) is 4.74 Å². The Kier molecular flexibility index (Phi) is 7.90. The first kappa shape index (κ1) is 23.9. The quantitative estimate of drug-likeness (QED) is 0.378. The number of fused-ring (bicyclic) bond motifs is 1. The Labute approximate surface area is 203 Å². The zero-order valence-electron chi connectivity index (χ0n) is 19.3. The van der Waals surface area contributed by atoms with Crippen molar-refractivity contribution in [1.82, 2.24) is 9.47 Å². The van der Waals surface area contributed by atoms with Gasteiger partial charge in [-0.05, 0) is 56.5 Å². The van der Waals surface area contributed by atoms with E-state index < -0.39 is 0 Å². The molecule has 7 nitrogen and oxygen atoms in total. The van der Waals surface area contributed by atoms with Crippen molar-refractivity contribution < 1.29 is 19.1 Å². The molecule has 0 spiro atoms. The lowest BCUT2D eigenvalue weighted by Crippen LogP contribution is -2.37. The SMILES string of the molecule is CCOC(=O)c1ccc(NC(=O)CSc2cn(CC(=O)N3CCCCC3)c3ccccc23)cc1. The number of rotatable bonds is 8. The molecule has 8 heteroatoms. The van der Waals surface area contributed by atoms with Crippen LogP contribution in [0.1, 0.15) is 36.5 Å². The second kappa shape index (κ2) is 11.2. The molecule has 4 rings (SSSR count).